The zero-order valence-corrected chi connectivity index (χ0v) is 86.5. The van der Waals surface area contributed by atoms with Crippen LogP contribution in [0.25, 0.3) is 32.8 Å². The van der Waals surface area contributed by atoms with Gasteiger partial charge in [-0.3, -0.25) is 0 Å². The van der Waals surface area contributed by atoms with Gasteiger partial charge in [-0.1, -0.05) is 485 Å². The molecular formula is C120H118BClN8O6P4Pd. The van der Waals surface area contributed by atoms with E-state index in [4.69, 9.17) is 31.1 Å². The number of halogens is 1. The molecular weight excluding hydrogens is 1930 g/mol. The molecule has 714 valence electrons. The maximum atomic E-state index is 12.5. The summed E-state index contributed by atoms with van der Waals surface area (Å²) >= 11 is 6.16. The number of hydrogen-bond acceptors (Lipinski definition) is 12. The molecule has 2 N–H and O–H groups in total. The number of carbonyl (C=O) groups excluding carboxylic acids is 2. The summed E-state index contributed by atoms with van der Waals surface area (Å²) in [5.41, 5.74) is 1.47. The quantitative estimate of drug-likeness (QED) is 0.0698. The van der Waals surface area contributed by atoms with Gasteiger partial charge in [-0.25, -0.2) is 9.59 Å². The van der Waals surface area contributed by atoms with Gasteiger partial charge in [0.15, 0.2) is 16.8 Å². The number of fused-ring (bicyclic) bond motifs is 2. The minimum absolute atomic E-state index is 0. The summed E-state index contributed by atoms with van der Waals surface area (Å²) in [7, 11) is -3.13. The summed E-state index contributed by atoms with van der Waals surface area (Å²) < 4.78 is 11.1. The monoisotopic (exact) mass is 2040 g/mol. The zero-order chi connectivity index (χ0) is 97.8. The topological polar surface area (TPSA) is 158 Å². The van der Waals surface area contributed by atoms with Crippen LogP contribution in [0.2, 0.25) is 5.15 Å². The van der Waals surface area contributed by atoms with Crippen molar-refractivity contribution in [2.45, 2.75) is 78.7 Å². The first-order chi connectivity index (χ1) is 68.2. The minimum atomic E-state index is -1.34. The van der Waals surface area contributed by atoms with E-state index in [0.717, 1.165) is 44.4 Å². The number of piperazine rings is 2. The SMILES string of the molecule is C[C@H]1CN(c2nnc(-c3ccccc3)c3ccccc23)CCN1C(=O)OC(C)(C)C.C[C@H]1CN(c2nnc(Cl)c3ccccc23)CCN1C(=O)OC(C)(C)C.OB(O)c1ccccc1.[Pd].c1ccc(P(c2ccccc2)c2ccccc2)cc1.c1ccc(P(c2ccccc2)c2ccccc2)cc1.c1ccc(P(c2ccccc2)c2ccccc2)cc1.c1ccc(P(c2ccccc2)c2ccccc2)cc1. The molecule has 21 heteroatoms. The Morgan fingerprint density at radius 3 is 0.723 bits per heavy atom. The van der Waals surface area contributed by atoms with Gasteiger partial charge in [-0.05, 0) is 156 Å². The third-order valence-electron chi connectivity index (χ3n) is 22.7. The van der Waals surface area contributed by atoms with E-state index in [1.165, 1.54) is 63.7 Å². The molecule has 20 rings (SSSR count). The van der Waals surface area contributed by atoms with E-state index in [-0.39, 0.29) is 44.7 Å². The van der Waals surface area contributed by atoms with Crippen LogP contribution >= 0.6 is 43.3 Å². The summed E-state index contributed by atoms with van der Waals surface area (Å²) in [5, 5.41) is 55.9. The van der Waals surface area contributed by atoms with Gasteiger partial charge < -0.3 is 39.1 Å². The van der Waals surface area contributed by atoms with Crippen LogP contribution in [0.1, 0.15) is 55.4 Å². The van der Waals surface area contributed by atoms with Gasteiger partial charge >= 0.3 is 19.3 Å². The Morgan fingerprint density at radius 1 is 0.291 bits per heavy atom. The van der Waals surface area contributed by atoms with E-state index in [9.17, 15) is 9.59 Å². The molecule has 2 amide bonds. The van der Waals surface area contributed by atoms with Gasteiger partial charge in [0.05, 0.1) is 0 Å². The van der Waals surface area contributed by atoms with Crippen molar-refractivity contribution < 1.29 is 49.5 Å². The molecule has 16 aromatic carbocycles. The fraction of sp³-hybridized carbons (Fsp3) is 0.150. The molecule has 18 aromatic rings. The number of carbonyl (C=O) groups is 2. The summed E-state index contributed by atoms with van der Waals surface area (Å²) in [6.07, 6.45) is -0.531. The van der Waals surface area contributed by atoms with E-state index in [1.54, 1.807) is 34.1 Å². The summed E-state index contributed by atoms with van der Waals surface area (Å²) in [6, 6.07) is 164. The van der Waals surface area contributed by atoms with E-state index >= 15 is 0 Å². The van der Waals surface area contributed by atoms with Crippen LogP contribution < -0.4 is 78.9 Å². The second-order valence-corrected chi connectivity index (χ2v) is 44.5. The van der Waals surface area contributed by atoms with Crippen LogP contribution in [0, 0.1) is 0 Å². The van der Waals surface area contributed by atoms with Crippen LogP contribution in [0.15, 0.2) is 473 Å². The van der Waals surface area contributed by atoms with E-state index in [0.29, 0.717) is 49.9 Å². The van der Waals surface area contributed by atoms with Crippen molar-refractivity contribution in [1.82, 2.24) is 30.2 Å². The number of aromatic nitrogens is 4. The van der Waals surface area contributed by atoms with E-state index < -0.39 is 50.0 Å². The molecule has 2 aromatic heterocycles. The maximum Gasteiger partial charge on any atom is 0.488 e. The first-order valence-corrected chi connectivity index (χ1v) is 52.9. The standard InChI is InChI=1S/C24H28N4O2.C18H23ClN4O2.4C18H15P.C6H7BO2.Pd/c1-17-16-27(14-15-28(17)23(29)30-24(2,3)4)22-20-13-9-8-12-19(20)21(25-26-22)18-10-6-5-7-11-18;1-12-11-22(9-10-23(12)17(24)25-18(2,3)4)16-14-8-6-5-7-13(14)15(19)20-21-16;4*1-4-10-16(11-5-1)19(17-12-6-2-7-13-17)18-14-8-3-9-15-18;8-7(9)6-4-2-1-3-5-6;/h5-13,17H,14-16H2,1-4H3;5-8,12H,9-11H2,1-4H3;4*1-15H;1-5,8-9H;/t17-;12-;;;;;;/m00....../s1. The first-order valence-electron chi connectivity index (χ1n) is 47.1. The van der Waals surface area contributed by atoms with Crippen molar-refractivity contribution in [3.63, 3.8) is 0 Å². The number of ether oxygens (including phenoxy) is 2. The third-order valence-corrected chi connectivity index (χ3v) is 32.8. The Bertz CT molecular complexity index is 5910. The second-order valence-electron chi connectivity index (χ2n) is 35.2. The molecule has 0 aliphatic carbocycles. The third kappa shape index (κ3) is 30.5. The molecule has 2 aliphatic heterocycles. The van der Waals surface area contributed by atoms with Gasteiger partial charge in [-0.2, -0.15) is 0 Å². The summed E-state index contributed by atoms with van der Waals surface area (Å²) in [5.74, 6) is 1.66. The summed E-state index contributed by atoms with van der Waals surface area (Å²) in [4.78, 5) is 32.8. The van der Waals surface area contributed by atoms with Crippen LogP contribution in [-0.4, -0.2) is 122 Å². The molecule has 2 aliphatic rings. The predicted octanol–water partition coefficient (Wildman–Crippen LogP) is 21.6. The van der Waals surface area contributed by atoms with Gasteiger partial charge in [-0.15, -0.1) is 20.4 Å². The number of amides is 2. The Morgan fingerprint density at radius 2 is 0.496 bits per heavy atom. The number of hydrogen-bond donors (Lipinski definition) is 2. The Balaban J connectivity index is 0.000000141. The predicted molar refractivity (Wildman–Crippen MR) is 596 cm³/mol. The molecule has 0 radical (unpaired) electrons. The van der Waals surface area contributed by atoms with Gasteiger partial charge in [0.25, 0.3) is 0 Å². The Hall–Kier alpha value is -13.0. The normalized spacial score (nSPS) is 13.2. The molecule has 0 bridgehead atoms. The van der Waals surface area contributed by atoms with Gasteiger partial charge in [0.1, 0.15) is 16.9 Å². The van der Waals surface area contributed by atoms with Crippen LogP contribution in [-0.2, 0) is 29.9 Å². The fourth-order valence-electron chi connectivity index (χ4n) is 16.2. The van der Waals surface area contributed by atoms with Crippen LogP contribution in [0.5, 0.6) is 0 Å². The zero-order valence-electron chi connectivity index (χ0n) is 80.6. The van der Waals surface area contributed by atoms with E-state index in [1.807, 2.05) is 116 Å². The molecule has 0 unspecified atom stereocenters. The molecule has 14 nitrogen and oxygen atoms in total. The molecule has 0 spiro atoms. The van der Waals surface area contributed by atoms with Gasteiger partial charge in [0.2, 0.25) is 0 Å². The Kier molecular flexibility index (Phi) is 40.0. The maximum absolute atomic E-state index is 12.5. The summed E-state index contributed by atoms with van der Waals surface area (Å²) in [6.45, 7) is 19.2. The average Bonchev–Trinajstić information content (AvgIpc) is 0.771. The van der Waals surface area contributed by atoms with Crippen molar-refractivity contribution in [2.24, 2.45) is 0 Å². The molecule has 141 heavy (non-hydrogen) atoms. The number of benzene rings is 16. The number of anilines is 2. The fourth-order valence-corrected chi connectivity index (χ4v) is 25.7. The van der Waals surface area contributed by atoms with E-state index in [2.05, 4.69) is 418 Å². The second kappa shape index (κ2) is 53.6. The van der Waals surface area contributed by atoms with Gasteiger partial charge in [0, 0.05) is 98.9 Å². The van der Waals surface area contributed by atoms with Crippen molar-refractivity contribution in [3.05, 3.63) is 478 Å². The largest absolute Gasteiger partial charge is 0.488 e. The number of nitrogens with zero attached hydrogens (tertiary/aromatic N) is 8. The van der Waals surface area contributed by atoms with Crippen molar-refractivity contribution >= 4 is 165 Å². The average molecular weight is 2040 g/mol. The molecule has 4 heterocycles. The van der Waals surface area contributed by atoms with Crippen molar-refractivity contribution in [3.8, 4) is 11.3 Å². The smallest absolute Gasteiger partial charge is 0.444 e. The minimum Gasteiger partial charge on any atom is -0.444 e. The molecule has 2 fully saturated rings. The Labute approximate surface area is 855 Å². The van der Waals surface area contributed by atoms with Crippen molar-refractivity contribution in [1.29, 1.82) is 0 Å². The molecule has 0 saturated carbocycles. The number of rotatable bonds is 16. The van der Waals surface area contributed by atoms with Crippen LogP contribution in [0.3, 0.4) is 0 Å². The first kappa shape index (κ1) is 105. The molecule has 2 saturated heterocycles. The van der Waals surface area contributed by atoms with Crippen LogP contribution in [0.4, 0.5) is 21.2 Å². The molecule has 2 atom stereocenters. The van der Waals surface area contributed by atoms with Crippen molar-refractivity contribution in [2.75, 3.05) is 49.1 Å².